The van der Waals surface area contributed by atoms with Crippen LogP contribution in [0.25, 0.3) is 0 Å². The van der Waals surface area contributed by atoms with Gasteiger partial charge in [0.15, 0.2) is 0 Å². The van der Waals surface area contributed by atoms with Crippen LogP contribution in [0.5, 0.6) is 5.75 Å². The number of benzene rings is 1. The molecule has 0 aliphatic carbocycles. The van der Waals surface area contributed by atoms with E-state index < -0.39 is 0 Å². The largest absolute Gasteiger partial charge is 0.494 e. The van der Waals surface area contributed by atoms with E-state index in [0.29, 0.717) is 18.6 Å². The fourth-order valence-corrected chi connectivity index (χ4v) is 3.17. The predicted molar refractivity (Wildman–Crippen MR) is 96.6 cm³/mol. The maximum Gasteiger partial charge on any atom is 0.130 e. The van der Waals surface area contributed by atoms with Crippen molar-refractivity contribution >= 4 is 5.78 Å². The van der Waals surface area contributed by atoms with Gasteiger partial charge in [-0.1, -0.05) is 12.1 Å². The van der Waals surface area contributed by atoms with Crippen molar-refractivity contribution in [1.29, 1.82) is 0 Å². The van der Waals surface area contributed by atoms with Gasteiger partial charge in [-0.2, -0.15) is 0 Å². The smallest absolute Gasteiger partial charge is 0.130 e. The fourth-order valence-electron chi connectivity index (χ4n) is 3.17. The Morgan fingerprint density at radius 2 is 1.83 bits per heavy atom. The minimum atomic E-state index is 0.236. The number of carbonyl (C=O) groups excluding carboxylic acids is 1. The Morgan fingerprint density at radius 3 is 2.46 bits per heavy atom. The van der Waals surface area contributed by atoms with Gasteiger partial charge in [-0.05, 0) is 64.3 Å². The number of rotatable bonds is 9. The molecule has 2 unspecified atom stereocenters. The van der Waals surface area contributed by atoms with Crippen molar-refractivity contribution in [1.82, 2.24) is 4.90 Å². The summed E-state index contributed by atoms with van der Waals surface area (Å²) in [4.78, 5) is 13.5. The summed E-state index contributed by atoms with van der Waals surface area (Å²) < 4.78 is 11.6. The molecule has 1 aliphatic heterocycles. The summed E-state index contributed by atoms with van der Waals surface area (Å²) in [5.41, 5.74) is 1.19. The molecule has 1 aromatic rings. The van der Waals surface area contributed by atoms with E-state index in [0.717, 1.165) is 51.3 Å². The van der Waals surface area contributed by atoms with Crippen molar-refractivity contribution in [3.05, 3.63) is 29.8 Å². The molecule has 0 aromatic heterocycles. The van der Waals surface area contributed by atoms with Crippen LogP contribution in [0.3, 0.4) is 0 Å². The molecule has 0 N–H and O–H groups in total. The lowest BCUT2D eigenvalue weighted by Gasteiger charge is -2.35. The minimum Gasteiger partial charge on any atom is -0.494 e. The molecule has 1 fully saturated rings. The molecular weight excluding hydrogens is 302 g/mol. The molecule has 1 aliphatic rings. The molecule has 0 spiro atoms. The number of hydrogen-bond acceptors (Lipinski definition) is 4. The number of ketones is 1. The molecule has 24 heavy (non-hydrogen) atoms. The number of aryl methyl sites for hydroxylation is 1. The van der Waals surface area contributed by atoms with Crippen LogP contribution in [0.2, 0.25) is 0 Å². The second-order valence-corrected chi connectivity index (χ2v) is 6.92. The molecule has 0 radical (unpaired) electrons. The lowest BCUT2D eigenvalue weighted by molar-refractivity contribution is -0.116. The van der Waals surface area contributed by atoms with Gasteiger partial charge < -0.3 is 14.3 Å². The first kappa shape index (κ1) is 18.9. The molecule has 0 bridgehead atoms. The first-order chi connectivity index (χ1) is 11.5. The summed E-state index contributed by atoms with van der Waals surface area (Å²) >= 11 is 0. The molecule has 2 atom stereocenters. The molecule has 134 valence electrons. The normalized spacial score (nSPS) is 21.6. The zero-order valence-electron chi connectivity index (χ0n) is 15.3. The van der Waals surface area contributed by atoms with E-state index in [1.54, 1.807) is 6.92 Å². The van der Waals surface area contributed by atoms with Gasteiger partial charge in [-0.3, -0.25) is 4.90 Å². The lowest BCUT2D eigenvalue weighted by atomic mass is 10.1. The minimum absolute atomic E-state index is 0.236. The van der Waals surface area contributed by atoms with Crippen LogP contribution < -0.4 is 4.74 Å². The summed E-state index contributed by atoms with van der Waals surface area (Å²) in [5, 5.41) is 0. The van der Waals surface area contributed by atoms with Gasteiger partial charge in [0.1, 0.15) is 11.5 Å². The Morgan fingerprint density at radius 1 is 1.17 bits per heavy atom. The fraction of sp³-hybridized carbons (Fsp3) is 0.650. The first-order valence-electron chi connectivity index (χ1n) is 9.12. The van der Waals surface area contributed by atoms with Gasteiger partial charge in [0.25, 0.3) is 0 Å². The van der Waals surface area contributed by atoms with Crippen LogP contribution >= 0.6 is 0 Å². The molecular formula is C20H31NO3. The van der Waals surface area contributed by atoms with Crippen LogP contribution in [0, 0.1) is 0 Å². The average Bonchev–Trinajstić information content (AvgIpc) is 2.53. The van der Waals surface area contributed by atoms with E-state index in [-0.39, 0.29) is 5.78 Å². The molecule has 2 rings (SSSR count). The van der Waals surface area contributed by atoms with Gasteiger partial charge in [0, 0.05) is 19.5 Å². The van der Waals surface area contributed by atoms with Gasteiger partial charge in [0.05, 0.1) is 18.8 Å². The van der Waals surface area contributed by atoms with Crippen LogP contribution in [0.15, 0.2) is 24.3 Å². The van der Waals surface area contributed by atoms with Crippen molar-refractivity contribution in [2.75, 3.05) is 26.2 Å². The third-order valence-electron chi connectivity index (χ3n) is 4.32. The Hall–Kier alpha value is -1.39. The number of morpholine rings is 1. The van der Waals surface area contributed by atoms with Crippen LogP contribution in [0.4, 0.5) is 0 Å². The van der Waals surface area contributed by atoms with E-state index in [1.165, 1.54) is 5.56 Å². The number of nitrogens with zero attached hydrogens (tertiary/aromatic N) is 1. The van der Waals surface area contributed by atoms with Gasteiger partial charge in [-0.25, -0.2) is 0 Å². The van der Waals surface area contributed by atoms with E-state index in [1.807, 2.05) is 12.1 Å². The Labute approximate surface area is 146 Å². The summed E-state index contributed by atoms with van der Waals surface area (Å²) in [7, 11) is 0. The molecule has 1 saturated heterocycles. The summed E-state index contributed by atoms with van der Waals surface area (Å²) in [6, 6.07) is 8.10. The quantitative estimate of drug-likeness (QED) is 0.649. The first-order valence-corrected chi connectivity index (χ1v) is 9.12. The van der Waals surface area contributed by atoms with Crippen LogP contribution in [-0.4, -0.2) is 49.1 Å². The Kier molecular flexibility index (Phi) is 7.73. The van der Waals surface area contributed by atoms with E-state index >= 15 is 0 Å². The van der Waals surface area contributed by atoms with E-state index in [9.17, 15) is 4.79 Å². The molecule has 0 amide bonds. The van der Waals surface area contributed by atoms with Crippen molar-refractivity contribution in [2.24, 2.45) is 0 Å². The van der Waals surface area contributed by atoms with E-state index in [2.05, 4.69) is 30.9 Å². The summed E-state index contributed by atoms with van der Waals surface area (Å²) in [6.45, 7) is 9.86. The van der Waals surface area contributed by atoms with Crippen molar-refractivity contribution in [3.8, 4) is 5.75 Å². The zero-order chi connectivity index (χ0) is 17.4. The number of Topliss-reactive ketones (excluding diaryl/α,β-unsaturated/α-hetero) is 1. The lowest BCUT2D eigenvalue weighted by Crippen LogP contribution is -2.45. The van der Waals surface area contributed by atoms with Crippen LogP contribution in [0.1, 0.15) is 45.6 Å². The monoisotopic (exact) mass is 333 g/mol. The highest BCUT2D eigenvalue weighted by atomic mass is 16.5. The molecule has 0 saturated carbocycles. The summed E-state index contributed by atoms with van der Waals surface area (Å²) in [6.07, 6.45) is 4.31. The number of hydrogen-bond donors (Lipinski definition) is 0. The predicted octanol–water partition coefficient (Wildman–Crippen LogP) is 3.48. The highest BCUT2D eigenvalue weighted by molar-refractivity contribution is 5.75. The SMILES string of the molecule is CC(=O)CCc1ccc(OCCCCN2CC(C)OC(C)C2)cc1. The molecule has 1 heterocycles. The average molecular weight is 333 g/mol. The third kappa shape index (κ3) is 7.02. The van der Waals surface area contributed by atoms with Crippen molar-refractivity contribution in [3.63, 3.8) is 0 Å². The maximum atomic E-state index is 11.0. The van der Waals surface area contributed by atoms with E-state index in [4.69, 9.17) is 9.47 Å². The number of unbranched alkanes of at least 4 members (excludes halogenated alkanes) is 1. The summed E-state index contributed by atoms with van der Waals surface area (Å²) in [5.74, 6) is 1.15. The van der Waals surface area contributed by atoms with Crippen molar-refractivity contribution in [2.45, 2.75) is 58.7 Å². The van der Waals surface area contributed by atoms with Gasteiger partial charge in [-0.15, -0.1) is 0 Å². The van der Waals surface area contributed by atoms with Gasteiger partial charge >= 0.3 is 0 Å². The molecule has 4 heteroatoms. The second kappa shape index (κ2) is 9.80. The Bertz CT molecular complexity index is 490. The Balaban J connectivity index is 1.59. The molecule has 4 nitrogen and oxygen atoms in total. The van der Waals surface area contributed by atoms with Gasteiger partial charge in [0.2, 0.25) is 0 Å². The number of ether oxygens (including phenoxy) is 2. The third-order valence-corrected chi connectivity index (χ3v) is 4.32. The molecule has 1 aromatic carbocycles. The highest BCUT2D eigenvalue weighted by Gasteiger charge is 2.21. The highest BCUT2D eigenvalue weighted by Crippen LogP contribution is 2.15. The number of carbonyl (C=O) groups is 1. The standard InChI is InChI=1S/C20H31NO3/c1-16(22)6-7-19-8-10-20(11-9-19)23-13-5-4-12-21-14-17(2)24-18(3)15-21/h8-11,17-18H,4-7,12-15H2,1-3H3. The maximum absolute atomic E-state index is 11.0. The van der Waals surface area contributed by atoms with Crippen molar-refractivity contribution < 1.29 is 14.3 Å². The topological polar surface area (TPSA) is 38.8 Å². The second-order valence-electron chi connectivity index (χ2n) is 6.92. The van der Waals surface area contributed by atoms with Crippen LogP contribution in [-0.2, 0) is 16.0 Å². The zero-order valence-corrected chi connectivity index (χ0v) is 15.3.